The number of hydrogen-bond donors (Lipinski definition) is 0. The molecule has 1 amide bonds. The second-order valence-corrected chi connectivity index (χ2v) is 6.61. The zero-order valence-corrected chi connectivity index (χ0v) is 16.5. The summed E-state index contributed by atoms with van der Waals surface area (Å²) in [6.45, 7) is 5.25. The molecule has 0 saturated carbocycles. The summed E-state index contributed by atoms with van der Waals surface area (Å²) in [7, 11) is 1.61. The first-order valence-corrected chi connectivity index (χ1v) is 8.74. The highest BCUT2D eigenvalue weighted by Crippen LogP contribution is 2.21. The van der Waals surface area contributed by atoms with Crippen LogP contribution in [0.5, 0.6) is 0 Å². The van der Waals surface area contributed by atoms with E-state index in [1.807, 2.05) is 38.1 Å². The molecule has 1 aromatic heterocycles. The molecular weight excluding hydrogens is 368 g/mol. The highest BCUT2D eigenvalue weighted by molar-refractivity contribution is 6.32. The lowest BCUT2D eigenvalue weighted by Gasteiger charge is -2.22. The van der Waals surface area contributed by atoms with Gasteiger partial charge in [0.05, 0.1) is 18.2 Å². The standard InChI is InChI=1S/C19H21ClN4O3/c1-12-8-13(2)10-15(9-12)24(7-5-6-21)16(25)11-27-19(26)17-14(3)22-23(4)18(17)20/h8-10H,5,7,11H2,1-4H3. The predicted octanol–water partition coefficient (Wildman–Crippen LogP) is 3.10. The van der Waals surface area contributed by atoms with Gasteiger partial charge < -0.3 is 9.64 Å². The number of nitriles is 1. The molecule has 0 atom stereocenters. The van der Waals surface area contributed by atoms with Crippen molar-refractivity contribution in [2.75, 3.05) is 18.1 Å². The Balaban J connectivity index is 2.16. The number of benzene rings is 1. The number of anilines is 1. The molecule has 0 saturated heterocycles. The van der Waals surface area contributed by atoms with Crippen molar-refractivity contribution in [1.29, 1.82) is 5.26 Å². The Labute approximate surface area is 163 Å². The molecular formula is C19H21ClN4O3. The van der Waals surface area contributed by atoms with Gasteiger partial charge in [0.25, 0.3) is 5.91 Å². The van der Waals surface area contributed by atoms with Crippen molar-refractivity contribution < 1.29 is 14.3 Å². The molecule has 1 aromatic carbocycles. The van der Waals surface area contributed by atoms with Crippen LogP contribution in [0.1, 0.15) is 33.6 Å². The molecule has 2 rings (SSSR count). The van der Waals surface area contributed by atoms with Crippen molar-refractivity contribution in [1.82, 2.24) is 9.78 Å². The summed E-state index contributed by atoms with van der Waals surface area (Å²) in [4.78, 5) is 26.4. The first-order chi connectivity index (χ1) is 12.7. The van der Waals surface area contributed by atoms with E-state index in [4.69, 9.17) is 21.6 Å². The second kappa shape index (κ2) is 8.69. The Morgan fingerprint density at radius 2 is 1.89 bits per heavy atom. The van der Waals surface area contributed by atoms with Gasteiger partial charge >= 0.3 is 5.97 Å². The fourth-order valence-electron chi connectivity index (χ4n) is 2.81. The van der Waals surface area contributed by atoms with Crippen molar-refractivity contribution >= 4 is 29.2 Å². The highest BCUT2D eigenvalue weighted by Gasteiger charge is 2.23. The number of halogens is 1. The summed E-state index contributed by atoms with van der Waals surface area (Å²) >= 11 is 6.05. The molecule has 0 aliphatic rings. The number of aryl methyl sites for hydroxylation is 4. The predicted molar refractivity (Wildman–Crippen MR) is 102 cm³/mol. The summed E-state index contributed by atoms with van der Waals surface area (Å²) < 4.78 is 6.52. The first kappa shape index (κ1) is 20.5. The summed E-state index contributed by atoms with van der Waals surface area (Å²) in [5, 5.41) is 13.1. The molecule has 0 aliphatic carbocycles. The third-order valence-corrected chi connectivity index (χ3v) is 4.38. The maximum absolute atomic E-state index is 12.7. The van der Waals surface area contributed by atoms with Crippen LogP contribution >= 0.6 is 11.6 Å². The zero-order chi connectivity index (χ0) is 20.1. The monoisotopic (exact) mass is 388 g/mol. The third kappa shape index (κ3) is 4.86. The number of hydrogen-bond acceptors (Lipinski definition) is 5. The minimum Gasteiger partial charge on any atom is -0.452 e. The zero-order valence-electron chi connectivity index (χ0n) is 15.7. The Hall–Kier alpha value is -2.85. The molecule has 0 aliphatic heterocycles. The number of carbonyl (C=O) groups excluding carboxylic acids is 2. The van der Waals surface area contributed by atoms with Crippen LogP contribution in [0.15, 0.2) is 18.2 Å². The van der Waals surface area contributed by atoms with Gasteiger partial charge in [-0.25, -0.2) is 4.79 Å². The molecule has 0 unspecified atom stereocenters. The molecule has 0 bridgehead atoms. The van der Waals surface area contributed by atoms with E-state index in [1.54, 1.807) is 14.0 Å². The number of aromatic nitrogens is 2. The lowest BCUT2D eigenvalue weighted by molar-refractivity contribution is -0.121. The summed E-state index contributed by atoms with van der Waals surface area (Å²) in [5.41, 5.74) is 3.22. The van der Waals surface area contributed by atoms with Crippen molar-refractivity contribution in [2.24, 2.45) is 7.05 Å². The van der Waals surface area contributed by atoms with E-state index in [-0.39, 0.29) is 23.7 Å². The molecule has 8 heteroatoms. The van der Waals surface area contributed by atoms with Gasteiger partial charge in [-0.05, 0) is 44.0 Å². The molecule has 0 spiro atoms. The summed E-state index contributed by atoms with van der Waals surface area (Å²) in [5.74, 6) is -1.12. The Bertz CT molecular complexity index is 894. The fourth-order valence-corrected chi connectivity index (χ4v) is 3.06. The number of amides is 1. The van der Waals surface area contributed by atoms with Gasteiger partial charge in [-0.3, -0.25) is 9.48 Å². The van der Waals surface area contributed by atoms with E-state index in [9.17, 15) is 9.59 Å². The normalized spacial score (nSPS) is 10.4. The average Bonchev–Trinajstić information content (AvgIpc) is 2.84. The quantitative estimate of drug-likeness (QED) is 0.709. The lowest BCUT2D eigenvalue weighted by Crippen LogP contribution is -2.35. The van der Waals surface area contributed by atoms with Crippen molar-refractivity contribution in [3.8, 4) is 6.07 Å². The van der Waals surface area contributed by atoms with E-state index in [2.05, 4.69) is 5.10 Å². The molecule has 0 radical (unpaired) electrons. The van der Waals surface area contributed by atoms with Crippen LogP contribution in [-0.4, -0.2) is 34.8 Å². The molecule has 2 aromatic rings. The Morgan fingerprint density at radius 3 is 2.41 bits per heavy atom. The van der Waals surface area contributed by atoms with Crippen molar-refractivity contribution in [3.05, 3.63) is 45.7 Å². The molecule has 0 fully saturated rings. The van der Waals surface area contributed by atoms with Gasteiger partial charge in [0.15, 0.2) is 6.61 Å². The molecule has 142 valence electrons. The average molecular weight is 389 g/mol. The van der Waals surface area contributed by atoms with Crippen LogP contribution in [0.25, 0.3) is 0 Å². The van der Waals surface area contributed by atoms with Gasteiger partial charge in [0, 0.05) is 19.3 Å². The van der Waals surface area contributed by atoms with E-state index in [0.717, 1.165) is 11.1 Å². The van der Waals surface area contributed by atoms with Crippen LogP contribution in [0.2, 0.25) is 5.15 Å². The highest BCUT2D eigenvalue weighted by atomic mass is 35.5. The number of rotatable bonds is 6. The second-order valence-electron chi connectivity index (χ2n) is 6.25. The minimum atomic E-state index is -0.709. The topological polar surface area (TPSA) is 88.2 Å². The molecule has 0 N–H and O–H groups in total. The molecule has 27 heavy (non-hydrogen) atoms. The maximum atomic E-state index is 12.7. The first-order valence-electron chi connectivity index (χ1n) is 8.36. The maximum Gasteiger partial charge on any atom is 0.343 e. The SMILES string of the molecule is Cc1cc(C)cc(N(CCC#N)C(=O)COC(=O)c2c(C)nn(C)c2Cl)c1. The summed E-state index contributed by atoms with van der Waals surface area (Å²) in [6.07, 6.45) is 0.167. The van der Waals surface area contributed by atoms with Gasteiger partial charge in [-0.2, -0.15) is 10.4 Å². The van der Waals surface area contributed by atoms with Gasteiger partial charge in [-0.1, -0.05) is 17.7 Å². The number of carbonyl (C=O) groups is 2. The minimum absolute atomic E-state index is 0.141. The van der Waals surface area contributed by atoms with Gasteiger partial charge in [0.2, 0.25) is 0 Å². The van der Waals surface area contributed by atoms with E-state index >= 15 is 0 Å². The fraction of sp³-hybridized carbons (Fsp3) is 0.368. The van der Waals surface area contributed by atoms with E-state index in [0.29, 0.717) is 11.4 Å². The number of ether oxygens (including phenoxy) is 1. The van der Waals surface area contributed by atoms with Crippen LogP contribution in [0.3, 0.4) is 0 Å². The van der Waals surface area contributed by atoms with Crippen LogP contribution in [0.4, 0.5) is 5.69 Å². The van der Waals surface area contributed by atoms with Crippen molar-refractivity contribution in [3.63, 3.8) is 0 Å². The van der Waals surface area contributed by atoms with E-state index in [1.165, 1.54) is 9.58 Å². The summed E-state index contributed by atoms with van der Waals surface area (Å²) in [6, 6.07) is 7.73. The molecule has 1 heterocycles. The number of nitrogens with zero attached hydrogens (tertiary/aromatic N) is 4. The Morgan fingerprint density at radius 1 is 1.26 bits per heavy atom. The lowest BCUT2D eigenvalue weighted by atomic mass is 10.1. The smallest absolute Gasteiger partial charge is 0.343 e. The van der Waals surface area contributed by atoms with E-state index < -0.39 is 18.5 Å². The van der Waals surface area contributed by atoms with Crippen LogP contribution in [-0.2, 0) is 16.6 Å². The third-order valence-electron chi connectivity index (χ3n) is 3.95. The van der Waals surface area contributed by atoms with Gasteiger partial charge in [0.1, 0.15) is 10.7 Å². The Kier molecular flexibility index (Phi) is 6.59. The van der Waals surface area contributed by atoms with Crippen molar-refractivity contribution in [2.45, 2.75) is 27.2 Å². The number of esters is 1. The largest absolute Gasteiger partial charge is 0.452 e. The van der Waals surface area contributed by atoms with Gasteiger partial charge in [-0.15, -0.1) is 0 Å². The van der Waals surface area contributed by atoms with Crippen LogP contribution < -0.4 is 4.90 Å². The van der Waals surface area contributed by atoms with Crippen LogP contribution in [0, 0.1) is 32.1 Å². The molecule has 7 nitrogen and oxygen atoms in total.